The second-order valence-corrected chi connectivity index (χ2v) is 6.92. The summed E-state index contributed by atoms with van der Waals surface area (Å²) in [5.41, 5.74) is -0.451. The normalized spacial score (nSPS) is 16.4. The second kappa shape index (κ2) is 6.97. The number of carbonyl (C=O) groups is 1. The van der Waals surface area contributed by atoms with Gasteiger partial charge in [0.1, 0.15) is 18.0 Å². The molecule has 0 radical (unpaired) electrons. The highest BCUT2D eigenvalue weighted by atomic mass is 16.6. The number of aryl methyl sites for hydroxylation is 1. The Bertz CT molecular complexity index is 556. The molecule has 23 heavy (non-hydrogen) atoms. The summed E-state index contributed by atoms with van der Waals surface area (Å²) in [6, 6.07) is 0. The Hall–Kier alpha value is -2.12. The molecular formula is C15H24N4O4. The zero-order valence-electron chi connectivity index (χ0n) is 13.9. The Balaban J connectivity index is 1.74. The summed E-state index contributed by atoms with van der Waals surface area (Å²) < 4.78 is 6.99. The van der Waals surface area contributed by atoms with Crippen molar-refractivity contribution in [3.63, 3.8) is 0 Å². The molecule has 1 aliphatic rings. The summed E-state index contributed by atoms with van der Waals surface area (Å²) in [6.45, 7) is 7.63. The van der Waals surface area contributed by atoms with Gasteiger partial charge in [0.15, 0.2) is 0 Å². The van der Waals surface area contributed by atoms with E-state index in [-0.39, 0.29) is 11.8 Å². The molecule has 0 aromatic carbocycles. The molecule has 0 atom stereocenters. The standard InChI is InChI=1S/C15H24N4O4/c1-15(2,3)23-14(20)17-7-4-12(5-8-17)6-9-18-11-13(10-16-18)19(21)22/h10-12H,4-9H2,1-3H3. The molecule has 0 bridgehead atoms. The first-order chi connectivity index (χ1) is 10.7. The van der Waals surface area contributed by atoms with Crippen LogP contribution in [-0.2, 0) is 11.3 Å². The maximum absolute atomic E-state index is 12.0. The zero-order valence-corrected chi connectivity index (χ0v) is 13.9. The number of amides is 1. The van der Waals surface area contributed by atoms with Crippen LogP contribution in [0.3, 0.4) is 0 Å². The van der Waals surface area contributed by atoms with Gasteiger partial charge in [0.05, 0.1) is 4.92 Å². The Morgan fingerprint density at radius 3 is 2.61 bits per heavy atom. The van der Waals surface area contributed by atoms with Gasteiger partial charge < -0.3 is 9.64 Å². The smallest absolute Gasteiger partial charge is 0.410 e. The number of carbonyl (C=O) groups excluding carboxylic acids is 1. The molecule has 0 aliphatic carbocycles. The summed E-state index contributed by atoms with van der Waals surface area (Å²) in [5.74, 6) is 0.497. The largest absolute Gasteiger partial charge is 0.444 e. The number of hydrogen-bond donors (Lipinski definition) is 0. The van der Waals surface area contributed by atoms with Gasteiger partial charge in [-0.25, -0.2) is 4.79 Å². The molecule has 8 heteroatoms. The minimum atomic E-state index is -0.470. The van der Waals surface area contributed by atoms with Gasteiger partial charge in [-0.3, -0.25) is 14.8 Å². The van der Waals surface area contributed by atoms with Gasteiger partial charge in [0.25, 0.3) is 0 Å². The minimum Gasteiger partial charge on any atom is -0.444 e. The summed E-state index contributed by atoms with van der Waals surface area (Å²) in [4.78, 5) is 23.9. The van der Waals surface area contributed by atoms with Crippen molar-refractivity contribution in [3.05, 3.63) is 22.5 Å². The van der Waals surface area contributed by atoms with Gasteiger partial charge in [-0.2, -0.15) is 5.10 Å². The molecule has 0 spiro atoms. The number of likely N-dealkylation sites (tertiary alicyclic amines) is 1. The third kappa shape index (κ3) is 5.22. The number of ether oxygens (including phenoxy) is 1. The molecule has 128 valence electrons. The lowest BCUT2D eigenvalue weighted by atomic mass is 9.94. The van der Waals surface area contributed by atoms with Crippen LogP contribution in [0.2, 0.25) is 0 Å². The van der Waals surface area contributed by atoms with E-state index in [9.17, 15) is 14.9 Å². The molecule has 2 heterocycles. The molecular weight excluding hydrogens is 300 g/mol. The van der Waals surface area contributed by atoms with Crippen molar-refractivity contribution in [2.45, 2.75) is 52.2 Å². The predicted molar refractivity (Wildman–Crippen MR) is 84.0 cm³/mol. The Labute approximate surface area is 135 Å². The molecule has 1 amide bonds. The summed E-state index contributed by atoms with van der Waals surface area (Å²) in [6.07, 6.45) is 5.21. The van der Waals surface area contributed by atoms with E-state index in [0.717, 1.165) is 19.3 Å². The quantitative estimate of drug-likeness (QED) is 0.627. The van der Waals surface area contributed by atoms with E-state index in [1.165, 1.54) is 12.4 Å². The Morgan fingerprint density at radius 1 is 1.43 bits per heavy atom. The average molecular weight is 324 g/mol. The van der Waals surface area contributed by atoms with Gasteiger partial charge in [0.2, 0.25) is 0 Å². The van der Waals surface area contributed by atoms with Crippen LogP contribution in [0.15, 0.2) is 12.4 Å². The van der Waals surface area contributed by atoms with Gasteiger partial charge in [-0.05, 0) is 46.0 Å². The van der Waals surface area contributed by atoms with Gasteiger partial charge >= 0.3 is 11.8 Å². The molecule has 0 saturated carbocycles. The SMILES string of the molecule is CC(C)(C)OC(=O)N1CCC(CCn2cc([N+](=O)[O-])cn2)CC1. The van der Waals surface area contributed by atoms with Crippen LogP contribution in [0.25, 0.3) is 0 Å². The van der Waals surface area contributed by atoms with Gasteiger partial charge in [-0.15, -0.1) is 0 Å². The third-order valence-corrected chi connectivity index (χ3v) is 3.86. The molecule has 1 saturated heterocycles. The van der Waals surface area contributed by atoms with Crippen molar-refractivity contribution in [1.82, 2.24) is 14.7 Å². The topological polar surface area (TPSA) is 90.5 Å². The van der Waals surface area contributed by atoms with Crippen molar-refractivity contribution < 1.29 is 14.5 Å². The second-order valence-electron chi connectivity index (χ2n) is 6.92. The molecule has 8 nitrogen and oxygen atoms in total. The molecule has 1 fully saturated rings. The van der Waals surface area contributed by atoms with Crippen molar-refractivity contribution in [1.29, 1.82) is 0 Å². The number of nitrogens with zero attached hydrogens (tertiary/aromatic N) is 4. The van der Waals surface area contributed by atoms with Crippen molar-refractivity contribution in [2.24, 2.45) is 5.92 Å². The first-order valence-corrected chi connectivity index (χ1v) is 7.89. The summed E-state index contributed by atoms with van der Waals surface area (Å²) >= 11 is 0. The van der Waals surface area contributed by atoms with Crippen molar-refractivity contribution >= 4 is 11.8 Å². The predicted octanol–water partition coefficient (Wildman–Crippen LogP) is 2.83. The highest BCUT2D eigenvalue weighted by molar-refractivity contribution is 5.68. The van der Waals surface area contributed by atoms with E-state index in [4.69, 9.17) is 4.74 Å². The molecule has 1 aromatic heterocycles. The van der Waals surface area contributed by atoms with Gasteiger partial charge in [-0.1, -0.05) is 0 Å². The van der Waals surface area contributed by atoms with Crippen LogP contribution in [0.1, 0.15) is 40.0 Å². The van der Waals surface area contributed by atoms with E-state index < -0.39 is 10.5 Å². The zero-order chi connectivity index (χ0) is 17.0. The summed E-state index contributed by atoms with van der Waals surface area (Å²) in [5, 5.41) is 14.6. The maximum atomic E-state index is 12.0. The first-order valence-electron chi connectivity index (χ1n) is 7.89. The fraction of sp³-hybridized carbons (Fsp3) is 0.733. The van der Waals surface area contributed by atoms with E-state index in [1.54, 1.807) is 9.58 Å². The highest BCUT2D eigenvalue weighted by Crippen LogP contribution is 2.23. The lowest BCUT2D eigenvalue weighted by Gasteiger charge is -2.33. The van der Waals surface area contributed by atoms with Crippen LogP contribution < -0.4 is 0 Å². The van der Waals surface area contributed by atoms with E-state index in [1.807, 2.05) is 20.8 Å². The molecule has 0 N–H and O–H groups in total. The van der Waals surface area contributed by atoms with Gasteiger partial charge in [0, 0.05) is 19.6 Å². The average Bonchev–Trinajstić information content (AvgIpc) is 2.93. The number of nitro groups is 1. The van der Waals surface area contributed by atoms with E-state index >= 15 is 0 Å². The van der Waals surface area contributed by atoms with Crippen LogP contribution in [0.4, 0.5) is 10.5 Å². The maximum Gasteiger partial charge on any atom is 0.410 e. The van der Waals surface area contributed by atoms with Crippen molar-refractivity contribution in [3.8, 4) is 0 Å². The number of aromatic nitrogens is 2. The number of piperidine rings is 1. The molecule has 0 unspecified atom stereocenters. The number of hydrogen-bond acceptors (Lipinski definition) is 5. The molecule has 1 aliphatic heterocycles. The van der Waals surface area contributed by atoms with E-state index in [2.05, 4.69) is 5.10 Å². The lowest BCUT2D eigenvalue weighted by molar-refractivity contribution is -0.385. The Kier molecular flexibility index (Phi) is 5.23. The van der Waals surface area contributed by atoms with Crippen LogP contribution in [-0.4, -0.2) is 44.4 Å². The van der Waals surface area contributed by atoms with Crippen LogP contribution in [0, 0.1) is 16.0 Å². The fourth-order valence-electron chi connectivity index (χ4n) is 2.61. The minimum absolute atomic E-state index is 0.0183. The van der Waals surface area contributed by atoms with Crippen LogP contribution >= 0.6 is 0 Å². The van der Waals surface area contributed by atoms with Crippen LogP contribution in [0.5, 0.6) is 0 Å². The number of rotatable bonds is 4. The fourth-order valence-corrected chi connectivity index (χ4v) is 2.61. The van der Waals surface area contributed by atoms with E-state index in [0.29, 0.717) is 25.6 Å². The first kappa shape index (κ1) is 17.2. The lowest BCUT2D eigenvalue weighted by Crippen LogP contribution is -2.41. The molecule has 2 rings (SSSR count). The third-order valence-electron chi connectivity index (χ3n) is 3.86. The Morgan fingerprint density at radius 2 is 2.09 bits per heavy atom. The highest BCUT2D eigenvalue weighted by Gasteiger charge is 2.26. The van der Waals surface area contributed by atoms with Crippen molar-refractivity contribution in [2.75, 3.05) is 13.1 Å². The monoisotopic (exact) mass is 324 g/mol. The summed E-state index contributed by atoms with van der Waals surface area (Å²) in [7, 11) is 0. The molecule has 1 aromatic rings.